The Kier molecular flexibility index (Phi) is 6.14. The summed E-state index contributed by atoms with van der Waals surface area (Å²) in [5.41, 5.74) is 0.139. The molecule has 30 heavy (non-hydrogen) atoms. The molecule has 0 N–H and O–H groups in total. The van der Waals surface area contributed by atoms with Crippen LogP contribution in [0.5, 0.6) is 0 Å². The number of ether oxygens (including phenoxy) is 2. The van der Waals surface area contributed by atoms with Crippen LogP contribution in [0.2, 0.25) is 0 Å². The van der Waals surface area contributed by atoms with Crippen LogP contribution in [0.3, 0.4) is 0 Å². The molecule has 3 rings (SSSR count). The van der Waals surface area contributed by atoms with Gasteiger partial charge in [-0.05, 0) is 38.5 Å². The number of rotatable bonds is 3. The molecule has 1 aromatic carbocycles. The van der Waals surface area contributed by atoms with Crippen molar-refractivity contribution >= 4 is 39.6 Å². The van der Waals surface area contributed by atoms with Crippen LogP contribution in [0, 0.1) is 0 Å². The minimum Gasteiger partial charge on any atom is -0.466 e. The Morgan fingerprint density at radius 3 is 2.40 bits per heavy atom. The number of aliphatic imine (C=N–C) groups is 1. The molecule has 0 bridgehead atoms. The van der Waals surface area contributed by atoms with Crippen molar-refractivity contribution in [1.82, 2.24) is 10.0 Å². The lowest BCUT2D eigenvalue weighted by molar-refractivity contribution is -0.142. The predicted molar refractivity (Wildman–Crippen MR) is 113 cm³/mol. The van der Waals surface area contributed by atoms with Gasteiger partial charge in [0, 0.05) is 17.4 Å². The molecule has 0 aliphatic carbocycles. The highest BCUT2D eigenvalue weighted by Gasteiger charge is 2.50. The van der Waals surface area contributed by atoms with Crippen LogP contribution in [-0.2, 0) is 23.9 Å². The average molecular weight is 478 g/mol. The van der Waals surface area contributed by atoms with E-state index in [-0.39, 0.29) is 29.3 Å². The third-order valence-corrected chi connectivity index (χ3v) is 5.21. The number of hydrogen-bond donors (Lipinski definition) is 0. The van der Waals surface area contributed by atoms with Gasteiger partial charge < -0.3 is 9.47 Å². The SMILES string of the molecule is COC(=O)C1=C(C(=O)OC)C(c2cccc(Br)c2)N2CCC(=O)N2C1=NC(C)(C)C. The number of carbonyl (C=O) groups excluding carboxylic acids is 3. The minimum absolute atomic E-state index is 0.0595. The van der Waals surface area contributed by atoms with Gasteiger partial charge in [0.15, 0.2) is 5.84 Å². The summed E-state index contributed by atoms with van der Waals surface area (Å²) in [4.78, 5) is 43.3. The van der Waals surface area contributed by atoms with Gasteiger partial charge in [-0.25, -0.2) is 14.6 Å². The van der Waals surface area contributed by atoms with Crippen molar-refractivity contribution in [3.63, 3.8) is 0 Å². The monoisotopic (exact) mass is 477 g/mol. The zero-order valence-corrected chi connectivity index (χ0v) is 19.1. The molecule has 2 aliphatic heterocycles. The van der Waals surface area contributed by atoms with Crippen LogP contribution in [0.1, 0.15) is 38.8 Å². The number of benzene rings is 1. The lowest BCUT2D eigenvalue weighted by Gasteiger charge is -2.41. The molecule has 1 saturated heterocycles. The van der Waals surface area contributed by atoms with Gasteiger partial charge in [-0.15, -0.1) is 0 Å². The summed E-state index contributed by atoms with van der Waals surface area (Å²) < 4.78 is 10.8. The fourth-order valence-electron chi connectivity index (χ4n) is 3.62. The van der Waals surface area contributed by atoms with Crippen LogP contribution in [0.4, 0.5) is 0 Å². The molecule has 1 atom stereocenters. The van der Waals surface area contributed by atoms with Gasteiger partial charge in [-0.2, -0.15) is 5.01 Å². The Morgan fingerprint density at radius 2 is 1.83 bits per heavy atom. The van der Waals surface area contributed by atoms with Crippen molar-refractivity contribution in [2.45, 2.75) is 38.8 Å². The highest BCUT2D eigenvalue weighted by Crippen LogP contribution is 2.41. The fraction of sp³-hybridized carbons (Fsp3) is 0.429. The quantitative estimate of drug-likeness (QED) is 0.621. The Hall–Kier alpha value is -2.52. The summed E-state index contributed by atoms with van der Waals surface area (Å²) in [5, 5.41) is 3.16. The van der Waals surface area contributed by atoms with Gasteiger partial charge in [0.25, 0.3) is 0 Å². The highest BCUT2D eigenvalue weighted by molar-refractivity contribution is 9.10. The predicted octanol–water partition coefficient (Wildman–Crippen LogP) is 2.79. The second kappa shape index (κ2) is 8.31. The maximum Gasteiger partial charge on any atom is 0.342 e. The number of carbonyl (C=O) groups is 3. The van der Waals surface area contributed by atoms with Crippen LogP contribution in [-0.4, -0.2) is 60.0 Å². The first-order valence-corrected chi connectivity index (χ1v) is 10.2. The zero-order valence-electron chi connectivity index (χ0n) is 17.6. The van der Waals surface area contributed by atoms with Gasteiger partial charge >= 0.3 is 11.9 Å². The normalized spacial score (nSPS) is 21.1. The number of methoxy groups -OCH3 is 2. The number of halogens is 1. The Bertz CT molecular complexity index is 964. The molecule has 0 saturated carbocycles. The van der Waals surface area contributed by atoms with Crippen LogP contribution < -0.4 is 0 Å². The summed E-state index contributed by atoms with van der Waals surface area (Å²) in [6, 6.07) is 6.64. The maximum atomic E-state index is 13.0. The first-order valence-electron chi connectivity index (χ1n) is 9.45. The molecule has 2 aliphatic rings. The summed E-state index contributed by atoms with van der Waals surface area (Å²) in [7, 11) is 2.48. The van der Waals surface area contributed by atoms with E-state index in [1.165, 1.54) is 19.2 Å². The Labute approximate surface area is 183 Å². The van der Waals surface area contributed by atoms with Gasteiger partial charge in [0.1, 0.15) is 5.57 Å². The zero-order chi connectivity index (χ0) is 22.2. The highest BCUT2D eigenvalue weighted by atomic mass is 79.9. The number of hydrogen-bond acceptors (Lipinski definition) is 7. The van der Waals surface area contributed by atoms with Crippen molar-refractivity contribution in [3.8, 4) is 0 Å². The van der Waals surface area contributed by atoms with Gasteiger partial charge in [-0.1, -0.05) is 28.1 Å². The van der Waals surface area contributed by atoms with Crippen molar-refractivity contribution in [3.05, 3.63) is 45.4 Å². The largest absolute Gasteiger partial charge is 0.466 e. The van der Waals surface area contributed by atoms with Gasteiger partial charge in [0.05, 0.1) is 31.4 Å². The molecule has 160 valence electrons. The topological polar surface area (TPSA) is 88.5 Å². The molecular formula is C21H24BrN3O5. The molecule has 1 aromatic rings. The van der Waals surface area contributed by atoms with Crippen molar-refractivity contribution in [1.29, 1.82) is 0 Å². The molecular weight excluding hydrogens is 454 g/mol. The standard InChI is InChI=1S/C21H24BrN3O5/c1-21(2,3)23-18-16(20(28)30-5)15(19(27)29-4)17(12-7-6-8-13(22)11-12)24-10-9-14(26)25(18)24/h6-8,11,17H,9-10H2,1-5H3. The average Bonchev–Trinajstić information content (AvgIpc) is 3.06. The first-order chi connectivity index (χ1) is 14.1. The Morgan fingerprint density at radius 1 is 1.17 bits per heavy atom. The lowest BCUT2D eigenvalue weighted by atomic mass is 9.90. The molecule has 9 heteroatoms. The van der Waals surface area contributed by atoms with Crippen LogP contribution in [0.15, 0.2) is 44.9 Å². The number of nitrogens with zero attached hydrogens (tertiary/aromatic N) is 3. The second-order valence-corrected chi connectivity index (χ2v) is 8.87. The van der Waals surface area contributed by atoms with Crippen molar-refractivity contribution in [2.75, 3.05) is 20.8 Å². The van der Waals surface area contributed by atoms with Crippen LogP contribution in [0.25, 0.3) is 0 Å². The van der Waals surface area contributed by atoms with E-state index in [0.29, 0.717) is 6.54 Å². The van der Waals surface area contributed by atoms with Crippen molar-refractivity contribution in [2.24, 2.45) is 4.99 Å². The molecule has 8 nitrogen and oxygen atoms in total. The fourth-order valence-corrected chi connectivity index (χ4v) is 4.04. The number of esters is 2. The number of fused-ring (bicyclic) bond motifs is 1. The van der Waals surface area contributed by atoms with E-state index in [2.05, 4.69) is 20.9 Å². The number of hydrazine groups is 1. The van der Waals surface area contributed by atoms with E-state index < -0.39 is 23.5 Å². The smallest absolute Gasteiger partial charge is 0.342 e. The maximum absolute atomic E-state index is 13.0. The number of amides is 1. The Balaban J connectivity index is 2.40. The number of amidine groups is 1. The van der Waals surface area contributed by atoms with E-state index in [4.69, 9.17) is 9.47 Å². The van der Waals surface area contributed by atoms with Gasteiger partial charge in [0.2, 0.25) is 5.91 Å². The van der Waals surface area contributed by atoms with E-state index in [9.17, 15) is 14.4 Å². The molecule has 2 heterocycles. The summed E-state index contributed by atoms with van der Waals surface area (Å²) in [6.45, 7) is 5.90. The van der Waals surface area contributed by atoms with E-state index in [1.54, 1.807) is 5.01 Å². The second-order valence-electron chi connectivity index (χ2n) is 7.95. The van der Waals surface area contributed by atoms with Crippen molar-refractivity contribution < 1.29 is 23.9 Å². The molecule has 1 fully saturated rings. The summed E-state index contributed by atoms with van der Waals surface area (Å²) in [5.74, 6) is -1.54. The summed E-state index contributed by atoms with van der Waals surface area (Å²) >= 11 is 3.45. The minimum atomic E-state index is -0.752. The van der Waals surface area contributed by atoms with E-state index in [1.807, 2.05) is 45.0 Å². The van der Waals surface area contributed by atoms with Gasteiger partial charge in [-0.3, -0.25) is 9.79 Å². The van der Waals surface area contributed by atoms with E-state index >= 15 is 0 Å². The third kappa shape index (κ3) is 4.04. The first kappa shape index (κ1) is 22.2. The molecule has 1 unspecified atom stereocenters. The third-order valence-electron chi connectivity index (χ3n) is 4.71. The summed E-state index contributed by atoms with van der Waals surface area (Å²) in [6.07, 6.45) is 0.233. The van der Waals surface area contributed by atoms with E-state index in [0.717, 1.165) is 10.0 Å². The molecule has 1 amide bonds. The lowest BCUT2D eigenvalue weighted by Crippen LogP contribution is -2.53. The molecule has 0 aromatic heterocycles. The molecule has 0 spiro atoms. The molecule has 0 radical (unpaired) electrons. The van der Waals surface area contributed by atoms with Crippen LogP contribution >= 0.6 is 15.9 Å².